The molecular formula is C14H11FN2O3. The van der Waals surface area contributed by atoms with Gasteiger partial charge in [0.2, 0.25) is 0 Å². The van der Waals surface area contributed by atoms with E-state index in [1.165, 1.54) is 18.3 Å². The van der Waals surface area contributed by atoms with Crippen molar-refractivity contribution in [2.45, 2.75) is 6.92 Å². The lowest BCUT2D eigenvalue weighted by molar-refractivity contribution is 0.0697. The Morgan fingerprint density at radius 2 is 2.05 bits per heavy atom. The van der Waals surface area contributed by atoms with Gasteiger partial charge in [-0.3, -0.25) is 9.78 Å². The van der Waals surface area contributed by atoms with Crippen LogP contribution in [0, 0.1) is 12.7 Å². The van der Waals surface area contributed by atoms with Gasteiger partial charge in [0, 0.05) is 12.4 Å². The highest BCUT2D eigenvalue weighted by atomic mass is 19.1. The molecule has 0 aliphatic carbocycles. The van der Waals surface area contributed by atoms with Crippen molar-refractivity contribution in [1.82, 2.24) is 4.98 Å². The summed E-state index contributed by atoms with van der Waals surface area (Å²) < 4.78 is 13.7. The van der Waals surface area contributed by atoms with Gasteiger partial charge in [-0.2, -0.15) is 0 Å². The Morgan fingerprint density at radius 3 is 2.70 bits per heavy atom. The monoisotopic (exact) mass is 274 g/mol. The van der Waals surface area contributed by atoms with Gasteiger partial charge in [-0.15, -0.1) is 0 Å². The molecule has 0 radical (unpaired) electrons. The molecule has 0 atom stereocenters. The molecule has 0 spiro atoms. The van der Waals surface area contributed by atoms with Crippen molar-refractivity contribution in [3.05, 3.63) is 59.2 Å². The number of aromatic nitrogens is 1. The summed E-state index contributed by atoms with van der Waals surface area (Å²) in [5.74, 6) is -2.74. The Morgan fingerprint density at radius 1 is 1.30 bits per heavy atom. The van der Waals surface area contributed by atoms with Gasteiger partial charge in [0.05, 0.1) is 16.8 Å². The van der Waals surface area contributed by atoms with E-state index in [1.54, 1.807) is 19.2 Å². The number of benzene rings is 1. The average Bonchev–Trinajstić information content (AvgIpc) is 2.40. The first-order valence-electron chi connectivity index (χ1n) is 5.74. The molecule has 1 amide bonds. The van der Waals surface area contributed by atoms with E-state index in [0.29, 0.717) is 0 Å². The third-order valence-corrected chi connectivity index (χ3v) is 2.62. The number of carbonyl (C=O) groups excluding carboxylic acids is 1. The molecule has 20 heavy (non-hydrogen) atoms. The molecule has 2 aromatic rings. The Kier molecular flexibility index (Phi) is 3.74. The third-order valence-electron chi connectivity index (χ3n) is 2.62. The fraction of sp³-hybridized carbons (Fsp3) is 0.0714. The summed E-state index contributed by atoms with van der Waals surface area (Å²) in [7, 11) is 0. The van der Waals surface area contributed by atoms with Crippen molar-refractivity contribution < 1.29 is 19.1 Å². The maximum atomic E-state index is 13.7. The van der Waals surface area contributed by atoms with Crippen LogP contribution in [0.5, 0.6) is 0 Å². The molecule has 5 nitrogen and oxygen atoms in total. The van der Waals surface area contributed by atoms with E-state index in [0.717, 1.165) is 11.6 Å². The van der Waals surface area contributed by atoms with Crippen LogP contribution >= 0.6 is 0 Å². The molecule has 0 saturated heterocycles. The van der Waals surface area contributed by atoms with Gasteiger partial charge < -0.3 is 10.4 Å². The summed E-state index contributed by atoms with van der Waals surface area (Å²) in [6.07, 6.45) is 2.90. The quantitative estimate of drug-likeness (QED) is 0.901. The second kappa shape index (κ2) is 5.48. The Balaban J connectivity index is 2.35. The minimum absolute atomic E-state index is 0.226. The number of nitrogens with zero attached hydrogens (tertiary/aromatic N) is 1. The normalized spacial score (nSPS) is 10.1. The van der Waals surface area contributed by atoms with Crippen molar-refractivity contribution in [2.24, 2.45) is 0 Å². The maximum Gasteiger partial charge on any atom is 0.337 e. The van der Waals surface area contributed by atoms with E-state index in [-0.39, 0.29) is 16.8 Å². The summed E-state index contributed by atoms with van der Waals surface area (Å²) in [4.78, 5) is 26.9. The predicted octanol–water partition coefficient (Wildman–Crippen LogP) is 2.48. The molecule has 2 N–H and O–H groups in total. The lowest BCUT2D eigenvalue weighted by Crippen LogP contribution is -2.16. The van der Waals surface area contributed by atoms with Crippen molar-refractivity contribution >= 4 is 17.6 Å². The zero-order valence-corrected chi connectivity index (χ0v) is 10.6. The minimum Gasteiger partial charge on any atom is -0.478 e. The summed E-state index contributed by atoms with van der Waals surface area (Å²) in [6, 6.07) is 5.14. The number of carbonyl (C=O) groups is 2. The lowest BCUT2D eigenvalue weighted by Gasteiger charge is -2.09. The Hall–Kier alpha value is -2.76. The number of amides is 1. The second-order valence-corrected chi connectivity index (χ2v) is 4.17. The molecule has 1 heterocycles. The number of carboxylic acids is 1. The molecule has 0 saturated carbocycles. The maximum absolute atomic E-state index is 13.7. The molecular weight excluding hydrogens is 263 g/mol. The number of rotatable bonds is 3. The fourth-order valence-corrected chi connectivity index (χ4v) is 1.69. The van der Waals surface area contributed by atoms with Gasteiger partial charge in [-0.1, -0.05) is 6.07 Å². The Labute approximate surface area is 114 Å². The highest BCUT2D eigenvalue weighted by molar-refractivity contribution is 6.07. The summed E-state index contributed by atoms with van der Waals surface area (Å²) >= 11 is 0. The smallest absolute Gasteiger partial charge is 0.337 e. The van der Waals surface area contributed by atoms with Crippen LogP contribution < -0.4 is 5.32 Å². The first-order chi connectivity index (χ1) is 9.49. The number of anilines is 1. The van der Waals surface area contributed by atoms with Crippen molar-refractivity contribution in [3.63, 3.8) is 0 Å². The predicted molar refractivity (Wildman–Crippen MR) is 70.3 cm³/mol. The summed E-state index contributed by atoms with van der Waals surface area (Å²) in [5, 5.41) is 11.3. The molecule has 2 rings (SSSR count). The van der Waals surface area contributed by atoms with E-state index < -0.39 is 17.7 Å². The first-order valence-corrected chi connectivity index (χ1v) is 5.74. The first kappa shape index (κ1) is 13.7. The fourth-order valence-electron chi connectivity index (χ4n) is 1.69. The third kappa shape index (κ3) is 2.80. The summed E-state index contributed by atoms with van der Waals surface area (Å²) in [5.41, 5.74) is 0.333. The molecule has 1 aromatic carbocycles. The van der Waals surface area contributed by atoms with Gasteiger partial charge in [-0.05, 0) is 30.7 Å². The molecule has 0 unspecified atom stereocenters. The van der Waals surface area contributed by atoms with E-state index in [9.17, 15) is 14.0 Å². The van der Waals surface area contributed by atoms with Crippen LogP contribution in [-0.2, 0) is 0 Å². The molecule has 0 aliphatic heterocycles. The largest absolute Gasteiger partial charge is 0.478 e. The topological polar surface area (TPSA) is 79.3 Å². The number of hydrogen-bond donors (Lipinski definition) is 2. The number of hydrogen-bond acceptors (Lipinski definition) is 3. The van der Waals surface area contributed by atoms with Crippen LogP contribution in [0.25, 0.3) is 0 Å². The zero-order valence-electron chi connectivity index (χ0n) is 10.6. The second-order valence-electron chi connectivity index (χ2n) is 4.17. The van der Waals surface area contributed by atoms with Crippen LogP contribution in [-0.4, -0.2) is 22.0 Å². The van der Waals surface area contributed by atoms with Crippen molar-refractivity contribution in [3.8, 4) is 0 Å². The zero-order chi connectivity index (χ0) is 14.7. The standard InChI is InChI=1S/C14H11FN2O3/c1-8-5-9(7-16-6-8)13(18)17-12-10(14(19)20)3-2-4-11(12)15/h2-7H,1H3,(H,17,18)(H,19,20). The van der Waals surface area contributed by atoms with Crippen molar-refractivity contribution in [1.29, 1.82) is 0 Å². The van der Waals surface area contributed by atoms with Crippen molar-refractivity contribution in [2.75, 3.05) is 5.32 Å². The number of pyridine rings is 1. The SMILES string of the molecule is Cc1cncc(C(=O)Nc2c(F)cccc2C(=O)O)c1. The molecule has 0 aliphatic rings. The van der Waals surface area contributed by atoms with Gasteiger partial charge in [0.1, 0.15) is 5.82 Å². The number of aryl methyl sites for hydroxylation is 1. The average molecular weight is 274 g/mol. The molecule has 0 bridgehead atoms. The van der Waals surface area contributed by atoms with Gasteiger partial charge >= 0.3 is 5.97 Å². The molecule has 1 aromatic heterocycles. The molecule has 6 heteroatoms. The lowest BCUT2D eigenvalue weighted by atomic mass is 10.1. The highest BCUT2D eigenvalue weighted by Gasteiger charge is 2.17. The minimum atomic E-state index is -1.32. The van der Waals surface area contributed by atoms with E-state index in [2.05, 4.69) is 10.3 Å². The number of nitrogens with one attached hydrogen (secondary N) is 1. The highest BCUT2D eigenvalue weighted by Crippen LogP contribution is 2.20. The summed E-state index contributed by atoms with van der Waals surface area (Å²) in [6.45, 7) is 1.76. The van der Waals surface area contributed by atoms with Gasteiger partial charge in [0.25, 0.3) is 5.91 Å². The van der Waals surface area contributed by atoms with Crippen LogP contribution in [0.2, 0.25) is 0 Å². The number of carboxylic acid groups (broad SMARTS) is 1. The van der Waals surface area contributed by atoms with Crippen LogP contribution in [0.15, 0.2) is 36.7 Å². The van der Waals surface area contributed by atoms with Gasteiger partial charge in [-0.25, -0.2) is 9.18 Å². The van der Waals surface area contributed by atoms with E-state index >= 15 is 0 Å². The Bertz CT molecular complexity index is 686. The van der Waals surface area contributed by atoms with E-state index in [1.807, 2.05) is 0 Å². The number of halogens is 1. The van der Waals surface area contributed by atoms with E-state index in [4.69, 9.17) is 5.11 Å². The number of para-hydroxylation sites is 1. The number of aromatic carboxylic acids is 1. The molecule has 102 valence electrons. The van der Waals surface area contributed by atoms with Crippen LogP contribution in [0.1, 0.15) is 26.3 Å². The van der Waals surface area contributed by atoms with Gasteiger partial charge in [0.15, 0.2) is 0 Å². The molecule has 0 fully saturated rings. The van der Waals surface area contributed by atoms with Crippen LogP contribution in [0.4, 0.5) is 10.1 Å². The van der Waals surface area contributed by atoms with Crippen LogP contribution in [0.3, 0.4) is 0 Å².